The maximum atomic E-state index is 12.4. The highest BCUT2D eigenvalue weighted by molar-refractivity contribution is 5.92. The predicted molar refractivity (Wildman–Crippen MR) is 81.8 cm³/mol. The smallest absolute Gasteiger partial charge is 0.226 e. The van der Waals surface area contributed by atoms with Crippen LogP contribution in [0.2, 0.25) is 0 Å². The minimum atomic E-state index is -0.144. The first kappa shape index (κ1) is 15.0. The van der Waals surface area contributed by atoms with Gasteiger partial charge in [0, 0.05) is 45.1 Å². The second-order valence-corrected chi connectivity index (χ2v) is 6.15. The van der Waals surface area contributed by atoms with Crippen molar-refractivity contribution >= 4 is 11.8 Å². The Morgan fingerprint density at radius 1 is 1.18 bits per heavy atom. The number of likely N-dealkylation sites (N-methyl/N-ethyl adjacent to an activating group) is 1. The van der Waals surface area contributed by atoms with Gasteiger partial charge in [0.1, 0.15) is 0 Å². The molecule has 1 aliphatic carbocycles. The Labute approximate surface area is 130 Å². The normalized spacial score (nSPS) is 24.9. The van der Waals surface area contributed by atoms with Crippen molar-refractivity contribution < 1.29 is 9.59 Å². The maximum absolute atomic E-state index is 12.4. The number of nitrogens with zero attached hydrogens (tertiary/aromatic N) is 3. The molecule has 1 aromatic heterocycles. The van der Waals surface area contributed by atoms with Crippen LogP contribution in [0.3, 0.4) is 0 Å². The Bertz CT molecular complexity index is 540. The highest BCUT2D eigenvalue weighted by atomic mass is 16.2. The van der Waals surface area contributed by atoms with Crippen LogP contribution in [0.5, 0.6) is 0 Å². The van der Waals surface area contributed by atoms with Crippen LogP contribution in [0.15, 0.2) is 24.5 Å². The predicted octanol–water partition coefficient (Wildman–Crippen LogP) is 0.108. The third kappa shape index (κ3) is 3.44. The number of hydrogen-bond acceptors (Lipinski definition) is 4. The van der Waals surface area contributed by atoms with E-state index in [0.29, 0.717) is 13.0 Å². The van der Waals surface area contributed by atoms with Crippen LogP contribution in [0.4, 0.5) is 0 Å². The number of carbonyl (C=O) groups is 2. The molecular weight excluding hydrogens is 280 g/mol. The SMILES string of the molecule is CN1CCN(C(=O)C2CC2C(=O)NCc2ccncc2)CC1. The van der Waals surface area contributed by atoms with Gasteiger partial charge in [0.25, 0.3) is 0 Å². The summed E-state index contributed by atoms with van der Waals surface area (Å²) in [6.07, 6.45) is 4.10. The molecule has 1 saturated carbocycles. The molecule has 6 nitrogen and oxygen atoms in total. The number of piperazine rings is 1. The second kappa shape index (κ2) is 6.44. The lowest BCUT2D eigenvalue weighted by Gasteiger charge is -2.32. The summed E-state index contributed by atoms with van der Waals surface area (Å²) in [5, 5.41) is 2.91. The largest absolute Gasteiger partial charge is 0.352 e. The van der Waals surface area contributed by atoms with Crippen molar-refractivity contribution in [3.05, 3.63) is 30.1 Å². The average molecular weight is 302 g/mol. The molecule has 2 aliphatic rings. The number of amides is 2. The van der Waals surface area contributed by atoms with Crippen molar-refractivity contribution in [1.82, 2.24) is 20.1 Å². The lowest BCUT2D eigenvalue weighted by molar-refractivity contribution is -0.136. The Kier molecular flexibility index (Phi) is 4.38. The quantitative estimate of drug-likeness (QED) is 0.857. The first-order chi connectivity index (χ1) is 10.6. The number of pyridine rings is 1. The van der Waals surface area contributed by atoms with Gasteiger partial charge < -0.3 is 15.1 Å². The third-order valence-electron chi connectivity index (χ3n) is 4.48. The summed E-state index contributed by atoms with van der Waals surface area (Å²) in [5.74, 6) is -0.115. The van der Waals surface area contributed by atoms with Crippen molar-refractivity contribution in [1.29, 1.82) is 0 Å². The maximum Gasteiger partial charge on any atom is 0.226 e. The van der Waals surface area contributed by atoms with E-state index in [9.17, 15) is 9.59 Å². The molecule has 0 bridgehead atoms. The van der Waals surface area contributed by atoms with E-state index in [1.165, 1.54) is 0 Å². The number of rotatable bonds is 4. The number of aromatic nitrogens is 1. The van der Waals surface area contributed by atoms with Crippen LogP contribution in [0.1, 0.15) is 12.0 Å². The van der Waals surface area contributed by atoms with Crippen LogP contribution in [0.25, 0.3) is 0 Å². The molecule has 3 rings (SSSR count). The third-order valence-corrected chi connectivity index (χ3v) is 4.48. The van der Waals surface area contributed by atoms with Gasteiger partial charge in [-0.3, -0.25) is 14.6 Å². The van der Waals surface area contributed by atoms with Gasteiger partial charge in [0.2, 0.25) is 11.8 Å². The summed E-state index contributed by atoms with van der Waals surface area (Å²) in [5.41, 5.74) is 1.02. The fourth-order valence-electron chi connectivity index (χ4n) is 2.84. The molecule has 2 heterocycles. The van der Waals surface area contributed by atoms with Crippen molar-refractivity contribution in [2.24, 2.45) is 11.8 Å². The summed E-state index contributed by atoms with van der Waals surface area (Å²) in [4.78, 5) is 32.6. The average Bonchev–Trinajstić information content (AvgIpc) is 3.34. The summed E-state index contributed by atoms with van der Waals surface area (Å²) < 4.78 is 0. The number of nitrogens with one attached hydrogen (secondary N) is 1. The lowest BCUT2D eigenvalue weighted by Crippen LogP contribution is -2.48. The van der Waals surface area contributed by atoms with Gasteiger partial charge in [-0.2, -0.15) is 0 Å². The van der Waals surface area contributed by atoms with E-state index in [1.54, 1.807) is 12.4 Å². The van der Waals surface area contributed by atoms with E-state index in [4.69, 9.17) is 0 Å². The summed E-state index contributed by atoms with van der Waals surface area (Å²) >= 11 is 0. The fourth-order valence-corrected chi connectivity index (χ4v) is 2.84. The van der Waals surface area contributed by atoms with Crippen LogP contribution >= 0.6 is 0 Å². The molecule has 1 aliphatic heterocycles. The van der Waals surface area contributed by atoms with Gasteiger partial charge >= 0.3 is 0 Å². The minimum Gasteiger partial charge on any atom is -0.352 e. The molecule has 6 heteroatoms. The van der Waals surface area contributed by atoms with Crippen LogP contribution in [-0.2, 0) is 16.1 Å². The van der Waals surface area contributed by atoms with Crippen LogP contribution in [-0.4, -0.2) is 59.8 Å². The molecule has 0 aromatic carbocycles. The van der Waals surface area contributed by atoms with E-state index < -0.39 is 0 Å². The second-order valence-electron chi connectivity index (χ2n) is 6.15. The molecule has 22 heavy (non-hydrogen) atoms. The molecule has 1 N–H and O–H groups in total. The molecule has 0 radical (unpaired) electrons. The van der Waals surface area contributed by atoms with Gasteiger partial charge in [0.15, 0.2) is 0 Å². The number of carbonyl (C=O) groups excluding carboxylic acids is 2. The first-order valence-electron chi connectivity index (χ1n) is 7.79. The Hall–Kier alpha value is -1.95. The van der Waals surface area contributed by atoms with Gasteiger partial charge in [0.05, 0.1) is 11.8 Å². The topological polar surface area (TPSA) is 65.5 Å². The Morgan fingerprint density at radius 2 is 1.86 bits per heavy atom. The fraction of sp³-hybridized carbons (Fsp3) is 0.562. The highest BCUT2D eigenvalue weighted by Crippen LogP contribution is 2.40. The zero-order valence-corrected chi connectivity index (χ0v) is 12.9. The van der Waals surface area contributed by atoms with Gasteiger partial charge in [-0.15, -0.1) is 0 Å². The molecule has 2 amide bonds. The summed E-state index contributed by atoms with van der Waals surface area (Å²) in [6.45, 7) is 3.87. The van der Waals surface area contributed by atoms with Crippen molar-refractivity contribution in [3.63, 3.8) is 0 Å². The monoisotopic (exact) mass is 302 g/mol. The van der Waals surface area contributed by atoms with E-state index >= 15 is 0 Å². The van der Waals surface area contributed by atoms with E-state index in [0.717, 1.165) is 31.7 Å². The Morgan fingerprint density at radius 3 is 2.55 bits per heavy atom. The van der Waals surface area contributed by atoms with Crippen molar-refractivity contribution in [2.45, 2.75) is 13.0 Å². The van der Waals surface area contributed by atoms with Gasteiger partial charge in [-0.25, -0.2) is 0 Å². The zero-order chi connectivity index (χ0) is 15.5. The zero-order valence-electron chi connectivity index (χ0n) is 12.9. The van der Waals surface area contributed by atoms with Gasteiger partial charge in [-0.05, 0) is 31.2 Å². The van der Waals surface area contributed by atoms with E-state index in [1.807, 2.05) is 17.0 Å². The molecule has 2 unspecified atom stereocenters. The van der Waals surface area contributed by atoms with Crippen LogP contribution < -0.4 is 5.32 Å². The summed E-state index contributed by atoms with van der Waals surface area (Å²) in [7, 11) is 2.06. The molecule has 2 fully saturated rings. The minimum absolute atomic E-state index is 0.00992. The molecule has 0 spiro atoms. The van der Waals surface area contributed by atoms with Crippen molar-refractivity contribution in [3.8, 4) is 0 Å². The molecule has 2 atom stereocenters. The van der Waals surface area contributed by atoms with E-state index in [2.05, 4.69) is 22.2 Å². The van der Waals surface area contributed by atoms with Crippen molar-refractivity contribution in [2.75, 3.05) is 33.2 Å². The lowest BCUT2D eigenvalue weighted by atomic mass is 10.2. The number of hydrogen-bond donors (Lipinski definition) is 1. The molecule has 1 aromatic rings. The standard InChI is InChI=1S/C16H22N4O2/c1-19-6-8-20(9-7-19)16(22)14-10-13(14)15(21)18-11-12-2-4-17-5-3-12/h2-5,13-14H,6-11H2,1H3,(H,18,21). The highest BCUT2D eigenvalue weighted by Gasteiger charge is 2.49. The van der Waals surface area contributed by atoms with Crippen LogP contribution in [0, 0.1) is 11.8 Å². The molecule has 118 valence electrons. The Balaban J connectivity index is 1.45. The van der Waals surface area contributed by atoms with E-state index in [-0.39, 0.29) is 23.7 Å². The molecular formula is C16H22N4O2. The first-order valence-corrected chi connectivity index (χ1v) is 7.79. The summed E-state index contributed by atoms with van der Waals surface area (Å²) in [6, 6.07) is 3.75. The van der Waals surface area contributed by atoms with Gasteiger partial charge in [-0.1, -0.05) is 0 Å². The molecule has 1 saturated heterocycles.